The molecule has 0 fully saturated rings. The number of nitrogens with zero attached hydrogens (tertiary/aromatic N) is 5. The van der Waals surface area contributed by atoms with Gasteiger partial charge in [-0.25, -0.2) is 19.4 Å². The Morgan fingerprint density at radius 3 is 2.62 bits per heavy atom. The Kier molecular flexibility index (Phi) is 6.07. The SMILES string of the molecule is COc1ncc(-c2cnc(Nc3cccc(Cl)c3)nc2-n2ccc(C(F)(F)F)n2)cc1C(=O)O. The van der Waals surface area contributed by atoms with E-state index in [0.29, 0.717) is 10.7 Å². The van der Waals surface area contributed by atoms with Gasteiger partial charge in [0, 0.05) is 40.4 Å². The summed E-state index contributed by atoms with van der Waals surface area (Å²) in [5, 5.41) is 16.4. The Labute approximate surface area is 194 Å². The molecule has 0 aliphatic heterocycles. The summed E-state index contributed by atoms with van der Waals surface area (Å²) < 4.78 is 45.3. The summed E-state index contributed by atoms with van der Waals surface area (Å²) in [6.45, 7) is 0. The third kappa shape index (κ3) is 4.76. The number of carbonyl (C=O) groups is 1. The number of methoxy groups -OCH3 is 1. The van der Waals surface area contributed by atoms with Crippen molar-refractivity contribution in [2.75, 3.05) is 12.4 Å². The van der Waals surface area contributed by atoms with Gasteiger partial charge >= 0.3 is 12.1 Å². The second kappa shape index (κ2) is 8.98. The van der Waals surface area contributed by atoms with Crippen LogP contribution in [0.5, 0.6) is 5.88 Å². The van der Waals surface area contributed by atoms with Gasteiger partial charge in [-0.3, -0.25) is 0 Å². The number of halogens is 4. The van der Waals surface area contributed by atoms with Gasteiger partial charge in [0.25, 0.3) is 0 Å². The minimum Gasteiger partial charge on any atom is -0.480 e. The molecule has 3 aromatic heterocycles. The van der Waals surface area contributed by atoms with E-state index in [1.54, 1.807) is 24.3 Å². The fraction of sp³-hybridized carbons (Fsp3) is 0.0952. The van der Waals surface area contributed by atoms with Crippen LogP contribution in [-0.2, 0) is 6.18 Å². The van der Waals surface area contributed by atoms with Crippen molar-refractivity contribution in [1.82, 2.24) is 24.7 Å². The molecule has 4 rings (SSSR count). The average Bonchev–Trinajstić information content (AvgIpc) is 3.29. The minimum atomic E-state index is -4.67. The second-order valence-electron chi connectivity index (χ2n) is 6.80. The third-order valence-electron chi connectivity index (χ3n) is 4.53. The van der Waals surface area contributed by atoms with Crippen LogP contribution in [0.25, 0.3) is 16.9 Å². The Morgan fingerprint density at radius 1 is 1.18 bits per heavy atom. The summed E-state index contributed by atoms with van der Waals surface area (Å²) >= 11 is 5.99. The number of pyridine rings is 1. The van der Waals surface area contributed by atoms with Crippen molar-refractivity contribution in [3.05, 3.63) is 71.3 Å². The second-order valence-corrected chi connectivity index (χ2v) is 7.23. The largest absolute Gasteiger partial charge is 0.480 e. The summed E-state index contributed by atoms with van der Waals surface area (Å²) in [6, 6.07) is 8.73. The number of carboxylic acids is 1. The van der Waals surface area contributed by atoms with Crippen LogP contribution in [-0.4, -0.2) is 42.9 Å². The Hall–Kier alpha value is -4.19. The van der Waals surface area contributed by atoms with Crippen LogP contribution < -0.4 is 10.1 Å². The zero-order chi connectivity index (χ0) is 24.5. The molecule has 174 valence electrons. The van der Waals surface area contributed by atoms with Crippen molar-refractivity contribution >= 4 is 29.2 Å². The van der Waals surface area contributed by atoms with E-state index < -0.39 is 17.8 Å². The number of hydrogen-bond donors (Lipinski definition) is 2. The van der Waals surface area contributed by atoms with E-state index in [-0.39, 0.29) is 34.3 Å². The quantitative estimate of drug-likeness (QED) is 0.394. The number of aromatic carboxylic acids is 1. The summed E-state index contributed by atoms with van der Waals surface area (Å²) in [5.41, 5.74) is -0.413. The van der Waals surface area contributed by atoms with Crippen molar-refractivity contribution in [3.63, 3.8) is 0 Å². The Morgan fingerprint density at radius 2 is 1.97 bits per heavy atom. The fourth-order valence-electron chi connectivity index (χ4n) is 3.02. The summed E-state index contributed by atoms with van der Waals surface area (Å²) in [6.07, 6.45) is -0.962. The Bertz CT molecular complexity index is 1380. The van der Waals surface area contributed by atoms with E-state index in [1.807, 2.05) is 0 Å². The van der Waals surface area contributed by atoms with Crippen LogP contribution in [0.2, 0.25) is 5.02 Å². The molecule has 0 radical (unpaired) electrons. The highest BCUT2D eigenvalue weighted by Gasteiger charge is 2.34. The number of aromatic nitrogens is 5. The first-order valence-electron chi connectivity index (χ1n) is 9.46. The van der Waals surface area contributed by atoms with Crippen LogP contribution in [0, 0.1) is 0 Å². The van der Waals surface area contributed by atoms with Crippen molar-refractivity contribution < 1.29 is 27.8 Å². The molecule has 0 aliphatic carbocycles. The highest BCUT2D eigenvalue weighted by atomic mass is 35.5. The molecule has 2 N–H and O–H groups in total. The molecular weight excluding hydrogens is 477 g/mol. The first-order valence-corrected chi connectivity index (χ1v) is 9.84. The van der Waals surface area contributed by atoms with E-state index in [2.05, 4.69) is 25.4 Å². The van der Waals surface area contributed by atoms with Gasteiger partial charge in [0.1, 0.15) is 5.56 Å². The molecule has 3 heterocycles. The third-order valence-corrected chi connectivity index (χ3v) is 4.77. The highest BCUT2D eigenvalue weighted by molar-refractivity contribution is 6.30. The number of carboxylic acid groups (broad SMARTS) is 1. The topological polar surface area (TPSA) is 115 Å². The lowest BCUT2D eigenvalue weighted by Gasteiger charge is -2.13. The molecule has 0 spiro atoms. The predicted molar refractivity (Wildman–Crippen MR) is 116 cm³/mol. The highest BCUT2D eigenvalue weighted by Crippen LogP contribution is 2.32. The molecule has 0 saturated heterocycles. The molecule has 0 saturated carbocycles. The molecule has 4 aromatic rings. The minimum absolute atomic E-state index is 0.0432. The number of hydrogen-bond acceptors (Lipinski definition) is 7. The van der Waals surface area contributed by atoms with E-state index in [9.17, 15) is 23.1 Å². The van der Waals surface area contributed by atoms with Crippen LogP contribution in [0.1, 0.15) is 16.1 Å². The smallest absolute Gasteiger partial charge is 0.435 e. The molecule has 0 aliphatic rings. The molecule has 0 bridgehead atoms. The summed E-state index contributed by atoms with van der Waals surface area (Å²) in [4.78, 5) is 24.1. The lowest BCUT2D eigenvalue weighted by atomic mass is 10.1. The molecular formula is C21H14ClF3N6O3. The average molecular weight is 491 g/mol. The lowest BCUT2D eigenvalue weighted by Crippen LogP contribution is -2.10. The maximum absolute atomic E-state index is 13.1. The van der Waals surface area contributed by atoms with Crippen molar-refractivity contribution in [2.45, 2.75) is 6.18 Å². The monoisotopic (exact) mass is 490 g/mol. The van der Waals surface area contributed by atoms with Gasteiger partial charge in [0.15, 0.2) is 11.5 Å². The lowest BCUT2D eigenvalue weighted by molar-refractivity contribution is -0.141. The molecule has 34 heavy (non-hydrogen) atoms. The van der Waals surface area contributed by atoms with Gasteiger partial charge in [0.05, 0.1) is 7.11 Å². The van der Waals surface area contributed by atoms with Gasteiger partial charge in [-0.15, -0.1) is 0 Å². The molecule has 13 heteroatoms. The fourth-order valence-corrected chi connectivity index (χ4v) is 3.21. The number of anilines is 2. The van der Waals surface area contributed by atoms with Crippen LogP contribution in [0.3, 0.4) is 0 Å². The standard InChI is InChI=1S/C21H14ClF3N6O3/c1-34-18-14(19(32)33)7-11(9-26-18)15-10-27-20(28-13-4-2-3-12(22)8-13)29-17(15)31-6-5-16(30-31)21(23,24)25/h2-10H,1H3,(H,32,33)(H,27,28,29). The number of benzene rings is 1. The van der Waals surface area contributed by atoms with E-state index >= 15 is 0 Å². The van der Waals surface area contributed by atoms with Gasteiger partial charge in [-0.05, 0) is 30.3 Å². The van der Waals surface area contributed by atoms with Crippen molar-refractivity contribution in [2.24, 2.45) is 0 Å². The van der Waals surface area contributed by atoms with Crippen LogP contribution >= 0.6 is 11.6 Å². The molecule has 9 nitrogen and oxygen atoms in total. The van der Waals surface area contributed by atoms with Gasteiger partial charge in [0.2, 0.25) is 11.8 Å². The normalized spacial score (nSPS) is 11.3. The zero-order valence-electron chi connectivity index (χ0n) is 17.2. The maximum atomic E-state index is 13.1. The molecule has 0 atom stereocenters. The summed E-state index contributed by atoms with van der Waals surface area (Å²) in [5.74, 6) is -1.42. The summed E-state index contributed by atoms with van der Waals surface area (Å²) in [7, 11) is 1.27. The molecule has 1 aromatic carbocycles. The Balaban J connectivity index is 1.85. The van der Waals surface area contributed by atoms with E-state index in [1.165, 1.54) is 25.6 Å². The number of ether oxygens (including phenoxy) is 1. The van der Waals surface area contributed by atoms with Gasteiger partial charge in [-0.2, -0.15) is 23.3 Å². The van der Waals surface area contributed by atoms with E-state index in [4.69, 9.17) is 16.3 Å². The van der Waals surface area contributed by atoms with Crippen LogP contribution in [0.4, 0.5) is 24.8 Å². The van der Waals surface area contributed by atoms with Gasteiger partial charge in [-0.1, -0.05) is 17.7 Å². The van der Waals surface area contributed by atoms with Crippen molar-refractivity contribution in [3.8, 4) is 22.8 Å². The first-order chi connectivity index (χ1) is 16.2. The number of alkyl halides is 3. The van der Waals surface area contributed by atoms with Gasteiger partial charge < -0.3 is 15.2 Å². The predicted octanol–water partition coefficient (Wildman–Crippen LogP) is 4.85. The zero-order valence-corrected chi connectivity index (χ0v) is 18.0. The molecule has 0 amide bonds. The number of nitrogens with one attached hydrogen (secondary N) is 1. The molecule has 0 unspecified atom stereocenters. The first kappa shape index (κ1) is 23.0. The number of rotatable bonds is 6. The van der Waals surface area contributed by atoms with E-state index in [0.717, 1.165) is 16.9 Å². The maximum Gasteiger partial charge on any atom is 0.435 e. The van der Waals surface area contributed by atoms with Crippen molar-refractivity contribution in [1.29, 1.82) is 0 Å². The van der Waals surface area contributed by atoms with Crippen LogP contribution in [0.15, 0.2) is 55.0 Å².